The molecule has 2 rings (SSSR count). The summed E-state index contributed by atoms with van der Waals surface area (Å²) in [6, 6.07) is 1.70. The predicted molar refractivity (Wildman–Crippen MR) is 101 cm³/mol. The van der Waals surface area contributed by atoms with E-state index >= 15 is 0 Å². The number of hydrogen-bond donors (Lipinski definition) is 1. The molecule has 2 atom stereocenters. The second-order valence-electron chi connectivity index (χ2n) is 7.13. The zero-order valence-corrected chi connectivity index (χ0v) is 16.3. The van der Waals surface area contributed by atoms with Crippen LogP contribution in [-0.4, -0.2) is 50.2 Å². The maximum atomic E-state index is 12.5. The Balaban J connectivity index is 1.77. The van der Waals surface area contributed by atoms with Gasteiger partial charge < -0.3 is 10.2 Å². The third-order valence-electron chi connectivity index (χ3n) is 4.41. The van der Waals surface area contributed by atoms with Crippen molar-refractivity contribution in [2.75, 3.05) is 11.6 Å². The minimum atomic E-state index is -0.330. The van der Waals surface area contributed by atoms with E-state index in [0.29, 0.717) is 24.0 Å². The zero-order chi connectivity index (χ0) is 18.2. The molecule has 1 saturated heterocycles. The van der Waals surface area contributed by atoms with Gasteiger partial charge in [0.05, 0.1) is 5.88 Å². The number of nitrogens with zero attached hydrogens (tertiary/aromatic N) is 3. The average molecular weight is 367 g/mol. The molecule has 1 fully saturated rings. The molecule has 0 radical (unpaired) electrons. The maximum Gasteiger partial charge on any atom is 0.243 e. The van der Waals surface area contributed by atoms with E-state index in [2.05, 4.69) is 24.3 Å². The monoisotopic (exact) mass is 366 g/mol. The van der Waals surface area contributed by atoms with Crippen LogP contribution in [0.1, 0.15) is 46.5 Å². The number of carbonyl (C=O) groups is 2. The van der Waals surface area contributed by atoms with Crippen LogP contribution < -0.4 is 5.32 Å². The van der Waals surface area contributed by atoms with E-state index in [0.717, 1.165) is 25.8 Å². The number of thioether (sulfide) groups is 1. The summed E-state index contributed by atoms with van der Waals surface area (Å²) in [7, 11) is 0. The van der Waals surface area contributed by atoms with Gasteiger partial charge in [0.1, 0.15) is 6.04 Å². The van der Waals surface area contributed by atoms with Gasteiger partial charge in [-0.25, -0.2) is 0 Å². The molecule has 140 valence electrons. The standard InChI is InChI=1S/C18H30N4O2S/c1-14(2)7-8-15(3)20-18(24)16-12-25-13-22(16)17(23)6-4-10-21-11-5-9-19-21/h5,9,11,14-16H,4,6-8,10,12-13H2,1-3H3,(H,20,24). The Morgan fingerprint density at radius 1 is 1.32 bits per heavy atom. The normalized spacial score (nSPS) is 18.6. The van der Waals surface area contributed by atoms with E-state index in [4.69, 9.17) is 0 Å². The zero-order valence-electron chi connectivity index (χ0n) is 15.5. The van der Waals surface area contributed by atoms with Gasteiger partial charge in [-0.15, -0.1) is 11.8 Å². The summed E-state index contributed by atoms with van der Waals surface area (Å²) in [6.45, 7) is 7.14. The first kappa shape index (κ1) is 19.8. The average Bonchev–Trinajstić information content (AvgIpc) is 3.24. The lowest BCUT2D eigenvalue weighted by Crippen LogP contribution is -2.49. The van der Waals surface area contributed by atoms with Crippen LogP contribution >= 0.6 is 11.8 Å². The minimum Gasteiger partial charge on any atom is -0.352 e. The van der Waals surface area contributed by atoms with Crippen molar-refractivity contribution in [2.45, 2.75) is 65.1 Å². The van der Waals surface area contributed by atoms with Gasteiger partial charge in [0.2, 0.25) is 11.8 Å². The van der Waals surface area contributed by atoms with Gasteiger partial charge in [-0.05, 0) is 38.2 Å². The summed E-state index contributed by atoms with van der Waals surface area (Å²) < 4.78 is 1.83. The van der Waals surface area contributed by atoms with E-state index in [1.807, 2.05) is 23.9 Å². The highest BCUT2D eigenvalue weighted by Crippen LogP contribution is 2.22. The van der Waals surface area contributed by atoms with Crippen LogP contribution in [0.5, 0.6) is 0 Å². The maximum absolute atomic E-state index is 12.5. The predicted octanol–water partition coefficient (Wildman–Crippen LogP) is 2.51. The molecule has 2 heterocycles. The van der Waals surface area contributed by atoms with Crippen molar-refractivity contribution < 1.29 is 9.59 Å². The Hall–Kier alpha value is -1.50. The van der Waals surface area contributed by atoms with Gasteiger partial charge >= 0.3 is 0 Å². The van der Waals surface area contributed by atoms with Gasteiger partial charge in [-0.3, -0.25) is 14.3 Å². The van der Waals surface area contributed by atoms with E-state index in [1.165, 1.54) is 0 Å². The van der Waals surface area contributed by atoms with Crippen LogP contribution in [0.4, 0.5) is 0 Å². The van der Waals surface area contributed by atoms with Crippen LogP contribution in [0.2, 0.25) is 0 Å². The Kier molecular flexibility index (Phi) is 7.81. The van der Waals surface area contributed by atoms with Crippen molar-refractivity contribution in [1.82, 2.24) is 20.0 Å². The van der Waals surface area contributed by atoms with Gasteiger partial charge in [0.15, 0.2) is 0 Å². The number of hydrogen-bond acceptors (Lipinski definition) is 4. The summed E-state index contributed by atoms with van der Waals surface area (Å²) in [4.78, 5) is 26.8. The second-order valence-corrected chi connectivity index (χ2v) is 8.13. The third-order valence-corrected chi connectivity index (χ3v) is 5.42. The van der Waals surface area contributed by atoms with Gasteiger partial charge in [-0.2, -0.15) is 5.10 Å². The van der Waals surface area contributed by atoms with Crippen LogP contribution in [-0.2, 0) is 16.1 Å². The summed E-state index contributed by atoms with van der Waals surface area (Å²) in [5.74, 6) is 1.98. The second kappa shape index (κ2) is 9.85. The molecule has 1 aromatic rings. The van der Waals surface area contributed by atoms with Crippen molar-refractivity contribution in [3.8, 4) is 0 Å². The van der Waals surface area contributed by atoms with Crippen LogP contribution in [0, 0.1) is 5.92 Å². The highest BCUT2D eigenvalue weighted by Gasteiger charge is 2.34. The molecular weight excluding hydrogens is 336 g/mol. The molecule has 6 nitrogen and oxygen atoms in total. The Morgan fingerprint density at radius 2 is 2.12 bits per heavy atom. The summed E-state index contributed by atoms with van der Waals surface area (Å²) in [5.41, 5.74) is 0. The molecule has 1 N–H and O–H groups in total. The van der Waals surface area contributed by atoms with Crippen LogP contribution in [0.25, 0.3) is 0 Å². The van der Waals surface area contributed by atoms with Crippen LogP contribution in [0.15, 0.2) is 18.5 Å². The largest absolute Gasteiger partial charge is 0.352 e. The molecule has 25 heavy (non-hydrogen) atoms. The number of carbonyl (C=O) groups excluding carboxylic acids is 2. The number of rotatable bonds is 9. The van der Waals surface area contributed by atoms with E-state index in [-0.39, 0.29) is 23.9 Å². The molecule has 0 spiro atoms. The molecule has 2 amide bonds. The fraction of sp³-hybridized carbons (Fsp3) is 0.722. The highest BCUT2D eigenvalue weighted by molar-refractivity contribution is 7.99. The lowest BCUT2D eigenvalue weighted by molar-refractivity contribution is -0.138. The van der Waals surface area contributed by atoms with Crippen molar-refractivity contribution in [3.05, 3.63) is 18.5 Å². The first-order valence-corrected chi connectivity index (χ1v) is 10.3. The minimum absolute atomic E-state index is 0.0123. The summed E-state index contributed by atoms with van der Waals surface area (Å²) in [5, 5.41) is 7.22. The SMILES string of the molecule is CC(C)CCC(C)NC(=O)C1CSCN1C(=O)CCCn1cccn1. The number of nitrogens with one attached hydrogen (secondary N) is 1. The fourth-order valence-corrected chi connectivity index (χ4v) is 4.05. The highest BCUT2D eigenvalue weighted by atomic mass is 32.2. The van der Waals surface area contributed by atoms with Crippen LogP contribution in [0.3, 0.4) is 0 Å². The van der Waals surface area contributed by atoms with Gasteiger partial charge in [0.25, 0.3) is 0 Å². The lowest BCUT2D eigenvalue weighted by Gasteiger charge is -2.25. The van der Waals surface area contributed by atoms with Crippen molar-refractivity contribution in [2.24, 2.45) is 5.92 Å². The topological polar surface area (TPSA) is 67.2 Å². The number of amides is 2. The van der Waals surface area contributed by atoms with Gasteiger partial charge in [-0.1, -0.05) is 13.8 Å². The van der Waals surface area contributed by atoms with E-state index < -0.39 is 0 Å². The van der Waals surface area contributed by atoms with E-state index in [9.17, 15) is 9.59 Å². The lowest BCUT2D eigenvalue weighted by atomic mass is 10.0. The van der Waals surface area contributed by atoms with Gasteiger partial charge in [0, 0.05) is 37.2 Å². The quantitative estimate of drug-likeness (QED) is 0.729. The number of aromatic nitrogens is 2. The van der Waals surface area contributed by atoms with Crippen molar-refractivity contribution in [1.29, 1.82) is 0 Å². The third kappa shape index (κ3) is 6.38. The molecule has 0 aromatic carbocycles. The molecule has 1 aliphatic rings. The Bertz CT molecular complexity index is 547. The molecule has 7 heteroatoms. The first-order chi connectivity index (χ1) is 12.0. The fourth-order valence-electron chi connectivity index (χ4n) is 2.87. The smallest absolute Gasteiger partial charge is 0.243 e. The van der Waals surface area contributed by atoms with Crippen molar-refractivity contribution in [3.63, 3.8) is 0 Å². The summed E-state index contributed by atoms with van der Waals surface area (Å²) in [6.07, 6.45) is 6.89. The van der Waals surface area contributed by atoms with E-state index in [1.54, 1.807) is 22.9 Å². The molecular formula is C18H30N4O2S. The Morgan fingerprint density at radius 3 is 2.80 bits per heavy atom. The molecule has 2 unspecified atom stereocenters. The summed E-state index contributed by atoms with van der Waals surface area (Å²) >= 11 is 1.65. The molecule has 0 saturated carbocycles. The molecule has 0 bridgehead atoms. The number of aryl methyl sites for hydroxylation is 1. The first-order valence-electron chi connectivity index (χ1n) is 9.12. The molecule has 1 aliphatic heterocycles. The molecule has 1 aromatic heterocycles. The molecule has 0 aliphatic carbocycles. The Labute approximate surface area is 154 Å². The van der Waals surface area contributed by atoms with Crippen molar-refractivity contribution >= 4 is 23.6 Å².